The smallest absolute Gasteiger partial charge is 0.275 e. The second-order valence-corrected chi connectivity index (χ2v) is 12.6. The number of hydrogen-bond donors (Lipinski definition) is 7. The van der Waals surface area contributed by atoms with Crippen molar-refractivity contribution in [3.05, 3.63) is 46.4 Å². The third-order valence-electron chi connectivity index (χ3n) is 7.89. The van der Waals surface area contributed by atoms with Crippen LogP contribution in [0.5, 0.6) is 0 Å². The summed E-state index contributed by atoms with van der Waals surface area (Å²) in [6, 6.07) is 8.09. The van der Waals surface area contributed by atoms with Gasteiger partial charge in [-0.3, -0.25) is 34.6 Å². The summed E-state index contributed by atoms with van der Waals surface area (Å²) in [6.07, 6.45) is 5.29. The molecule has 0 saturated heterocycles. The summed E-state index contributed by atoms with van der Waals surface area (Å²) in [4.78, 5) is 54.3. The molecule has 0 fully saturated rings. The molecule has 16 heteroatoms. The third-order valence-corrected chi connectivity index (χ3v) is 8.18. The van der Waals surface area contributed by atoms with E-state index in [9.17, 15) is 14.4 Å². The highest BCUT2D eigenvalue weighted by Crippen LogP contribution is 2.20. The first-order valence-electron chi connectivity index (χ1n) is 16.1. The number of Topliss-reactive ketones (excluding diaryl/α,β-unsaturated/α-hetero) is 1. The molecule has 2 rings (SSSR count). The first-order valence-corrected chi connectivity index (χ1v) is 16.5. The van der Waals surface area contributed by atoms with Gasteiger partial charge < -0.3 is 38.9 Å². The van der Waals surface area contributed by atoms with Gasteiger partial charge in [0.25, 0.3) is 5.91 Å². The summed E-state index contributed by atoms with van der Waals surface area (Å²) in [7, 11) is 7.24. The number of nitrogens with two attached hydrogens (primary N) is 5. The number of rotatable bonds is 19. The van der Waals surface area contributed by atoms with E-state index in [0.717, 1.165) is 44.1 Å². The molecule has 0 aromatic heterocycles. The van der Waals surface area contributed by atoms with Gasteiger partial charge in [0.05, 0.1) is 6.04 Å². The maximum atomic E-state index is 13.4. The number of amides is 2. The molecule has 48 heavy (non-hydrogen) atoms. The van der Waals surface area contributed by atoms with Gasteiger partial charge in [0, 0.05) is 39.5 Å². The van der Waals surface area contributed by atoms with Crippen molar-refractivity contribution >= 4 is 46.8 Å². The molecule has 0 saturated carbocycles. The number of nitrogens with one attached hydrogen (secondary N) is 2. The molecule has 266 valence electrons. The minimum Gasteiger partial charge on any atom is -0.383 e. The second kappa shape index (κ2) is 20.2. The molecular weight excluding hydrogens is 636 g/mol. The molecule has 1 unspecified atom stereocenters. The van der Waals surface area contributed by atoms with E-state index >= 15 is 0 Å². The SMILES string of the molecule is CN(C)C(=O)[C@H](CCCCN=C(N)N)CC(=O)[C@H](CCc1ccc(CCCCN=C(N)NC(=O)C2=NC(Cl)=C(N)NC2N)cc1)N(C)C. The van der Waals surface area contributed by atoms with Gasteiger partial charge in [-0.25, -0.2) is 4.99 Å². The quantitative estimate of drug-likeness (QED) is 0.0446. The lowest BCUT2D eigenvalue weighted by Crippen LogP contribution is -2.55. The summed E-state index contributed by atoms with van der Waals surface area (Å²) in [5.41, 5.74) is 30.4. The Balaban J connectivity index is 1.81. The minimum atomic E-state index is -0.911. The Morgan fingerprint density at radius 2 is 1.54 bits per heavy atom. The standard InChI is InChI=1S/C32H53ClN12O3/c1-44(2)23(24(46)19-22(30(48)45(3)4)10-6-8-17-39-31(36)37)16-15-21-13-11-20(12-14-21)9-5-7-18-40-32(38)43-29(47)25-27(34)42-28(35)26(33)41-25/h11-14,22-23,27,42H,5-10,15-19,34-35H2,1-4H3,(H4,36,37,39)(H3,38,40,43,47)/t22-,23+,27?/m1/s1. The number of nitrogens with zero attached hydrogens (tertiary/aromatic N) is 5. The van der Waals surface area contributed by atoms with Crippen LogP contribution < -0.4 is 39.3 Å². The van der Waals surface area contributed by atoms with Crippen LogP contribution in [-0.4, -0.2) is 98.5 Å². The van der Waals surface area contributed by atoms with E-state index < -0.39 is 12.1 Å². The number of carbonyl (C=O) groups excluding carboxylic acids is 3. The minimum absolute atomic E-state index is 0.0354. The molecule has 0 bridgehead atoms. The predicted octanol–water partition coefficient (Wildman–Crippen LogP) is 0.0634. The Hall–Kier alpha value is -4.21. The summed E-state index contributed by atoms with van der Waals surface area (Å²) >= 11 is 5.87. The topological polar surface area (TPSA) is 249 Å². The van der Waals surface area contributed by atoms with Crippen LogP contribution in [0.4, 0.5) is 0 Å². The van der Waals surface area contributed by atoms with Gasteiger partial charge in [-0.2, -0.15) is 0 Å². The first kappa shape index (κ1) is 40.0. The van der Waals surface area contributed by atoms with E-state index in [4.69, 9.17) is 40.3 Å². The van der Waals surface area contributed by atoms with Gasteiger partial charge in [0.1, 0.15) is 17.7 Å². The van der Waals surface area contributed by atoms with Gasteiger partial charge in [0.2, 0.25) is 5.91 Å². The highest BCUT2D eigenvalue weighted by molar-refractivity contribution is 6.45. The normalized spacial score (nSPS) is 16.1. The monoisotopic (exact) mass is 688 g/mol. The lowest BCUT2D eigenvalue weighted by molar-refractivity contribution is -0.137. The molecule has 3 atom stereocenters. The number of likely N-dealkylation sites (N-methyl/N-ethyl adjacent to an activating group) is 1. The molecule has 0 spiro atoms. The van der Waals surface area contributed by atoms with Crippen molar-refractivity contribution in [1.82, 2.24) is 20.4 Å². The van der Waals surface area contributed by atoms with E-state index in [2.05, 4.69) is 49.9 Å². The van der Waals surface area contributed by atoms with Crippen LogP contribution in [0.1, 0.15) is 56.1 Å². The Morgan fingerprint density at radius 3 is 2.15 bits per heavy atom. The number of aryl methyl sites for hydroxylation is 2. The van der Waals surface area contributed by atoms with Crippen molar-refractivity contribution < 1.29 is 14.4 Å². The number of halogens is 1. The maximum absolute atomic E-state index is 13.4. The largest absolute Gasteiger partial charge is 0.383 e. The molecule has 1 heterocycles. The van der Waals surface area contributed by atoms with Crippen LogP contribution in [0.3, 0.4) is 0 Å². The van der Waals surface area contributed by atoms with Crippen molar-refractivity contribution in [2.24, 2.45) is 49.6 Å². The molecule has 12 N–H and O–H groups in total. The van der Waals surface area contributed by atoms with Crippen LogP contribution in [0, 0.1) is 5.92 Å². The lowest BCUT2D eigenvalue weighted by atomic mass is 9.90. The summed E-state index contributed by atoms with van der Waals surface area (Å²) < 4.78 is 0. The molecule has 1 aliphatic heterocycles. The number of benzene rings is 1. The second-order valence-electron chi connectivity index (χ2n) is 12.2. The van der Waals surface area contributed by atoms with Crippen LogP contribution in [-0.2, 0) is 27.2 Å². The van der Waals surface area contributed by atoms with E-state index in [-0.39, 0.29) is 58.7 Å². The molecule has 0 aliphatic carbocycles. The predicted molar refractivity (Wildman–Crippen MR) is 192 cm³/mol. The average Bonchev–Trinajstić information content (AvgIpc) is 3.01. The van der Waals surface area contributed by atoms with E-state index in [1.165, 1.54) is 5.56 Å². The van der Waals surface area contributed by atoms with Crippen molar-refractivity contribution in [3.8, 4) is 0 Å². The molecule has 1 aliphatic rings. The molecule has 2 amide bonds. The fourth-order valence-corrected chi connectivity index (χ4v) is 5.38. The number of ketones is 1. The van der Waals surface area contributed by atoms with Crippen LogP contribution in [0.25, 0.3) is 0 Å². The van der Waals surface area contributed by atoms with Gasteiger partial charge >= 0.3 is 0 Å². The lowest BCUT2D eigenvalue weighted by Gasteiger charge is -2.26. The Kier molecular flexibility index (Phi) is 16.8. The zero-order valence-corrected chi connectivity index (χ0v) is 29.3. The highest BCUT2D eigenvalue weighted by atomic mass is 35.5. The maximum Gasteiger partial charge on any atom is 0.275 e. The fraction of sp³-hybridized carbons (Fsp3) is 0.562. The van der Waals surface area contributed by atoms with Crippen molar-refractivity contribution in [1.29, 1.82) is 0 Å². The highest BCUT2D eigenvalue weighted by Gasteiger charge is 2.28. The molecule has 1 aromatic carbocycles. The van der Waals surface area contributed by atoms with E-state index in [0.29, 0.717) is 25.9 Å². The molecule has 15 nitrogen and oxygen atoms in total. The third kappa shape index (κ3) is 13.9. The average molecular weight is 689 g/mol. The Labute approximate surface area is 288 Å². The molecule has 1 aromatic rings. The zero-order chi connectivity index (χ0) is 35.8. The number of aliphatic imine (C=N–C) groups is 3. The zero-order valence-electron chi connectivity index (χ0n) is 28.5. The molecule has 0 radical (unpaired) electrons. The van der Waals surface area contributed by atoms with Crippen LogP contribution >= 0.6 is 11.6 Å². The van der Waals surface area contributed by atoms with Crippen molar-refractivity contribution in [2.75, 3.05) is 41.3 Å². The fourth-order valence-electron chi connectivity index (χ4n) is 5.23. The Morgan fingerprint density at radius 1 is 0.938 bits per heavy atom. The molecular formula is C32H53ClN12O3. The first-order chi connectivity index (χ1) is 22.7. The number of unbranched alkanes of at least 4 members (excludes halogenated alkanes) is 2. The van der Waals surface area contributed by atoms with E-state index in [1.54, 1.807) is 19.0 Å². The van der Waals surface area contributed by atoms with Gasteiger partial charge in [-0.15, -0.1) is 0 Å². The van der Waals surface area contributed by atoms with Gasteiger partial charge in [-0.1, -0.05) is 42.3 Å². The van der Waals surface area contributed by atoms with Gasteiger partial charge in [0.15, 0.2) is 22.9 Å². The van der Waals surface area contributed by atoms with Crippen LogP contribution in [0.15, 0.2) is 50.2 Å². The van der Waals surface area contributed by atoms with Gasteiger partial charge in [-0.05, 0) is 70.2 Å². The summed E-state index contributed by atoms with van der Waals surface area (Å²) in [5.74, 6) is -0.852. The Bertz CT molecular complexity index is 1350. The summed E-state index contributed by atoms with van der Waals surface area (Å²) in [5, 5.41) is 5.06. The number of hydrogen-bond acceptors (Lipinski definition) is 10. The van der Waals surface area contributed by atoms with Crippen molar-refractivity contribution in [3.63, 3.8) is 0 Å². The van der Waals surface area contributed by atoms with E-state index in [1.807, 2.05) is 19.0 Å². The number of carbonyl (C=O) groups is 3. The summed E-state index contributed by atoms with van der Waals surface area (Å²) in [6.45, 7) is 0.939. The van der Waals surface area contributed by atoms with Crippen LogP contribution in [0.2, 0.25) is 0 Å². The van der Waals surface area contributed by atoms with Crippen molar-refractivity contribution in [2.45, 2.75) is 70.0 Å². The number of guanidine groups is 2.